The van der Waals surface area contributed by atoms with Crippen LogP contribution in [0.4, 0.5) is 0 Å². The van der Waals surface area contributed by atoms with Crippen molar-refractivity contribution in [3.05, 3.63) is 65.0 Å². The molecule has 0 amide bonds. The lowest BCUT2D eigenvalue weighted by Gasteiger charge is -2.05. The van der Waals surface area contributed by atoms with Crippen molar-refractivity contribution in [2.24, 2.45) is 0 Å². The molecule has 0 saturated heterocycles. The minimum absolute atomic E-state index is 0.0864. The molecule has 0 saturated carbocycles. The van der Waals surface area contributed by atoms with Gasteiger partial charge in [-0.25, -0.2) is 13.1 Å². The van der Waals surface area contributed by atoms with E-state index in [4.69, 9.17) is 16.1 Å². The molecule has 0 bridgehead atoms. The summed E-state index contributed by atoms with van der Waals surface area (Å²) in [5.41, 5.74) is 1.59. The Morgan fingerprint density at radius 3 is 2.62 bits per heavy atom. The highest BCUT2D eigenvalue weighted by atomic mass is 35.5. The molecule has 2 aromatic carbocycles. The molecule has 0 aliphatic carbocycles. The van der Waals surface area contributed by atoms with E-state index in [1.54, 1.807) is 36.4 Å². The van der Waals surface area contributed by atoms with E-state index >= 15 is 0 Å². The van der Waals surface area contributed by atoms with Gasteiger partial charge in [0.2, 0.25) is 21.7 Å². The Kier molecular flexibility index (Phi) is 4.66. The number of aryl methyl sites for hydroxylation is 1. The second-order valence-corrected chi connectivity index (χ2v) is 7.36. The summed E-state index contributed by atoms with van der Waals surface area (Å²) in [5.74, 6) is 0.549. The third-order valence-corrected chi connectivity index (χ3v) is 4.93. The van der Waals surface area contributed by atoms with E-state index in [0.717, 1.165) is 11.1 Å². The molecule has 0 fully saturated rings. The highest BCUT2D eigenvalue weighted by Crippen LogP contribution is 2.19. The predicted octanol–water partition coefficient (Wildman–Crippen LogP) is 3.18. The summed E-state index contributed by atoms with van der Waals surface area (Å²) in [4.78, 5) is 4.37. The summed E-state index contributed by atoms with van der Waals surface area (Å²) < 4.78 is 32.0. The fraction of sp³-hybridized carbons (Fsp3) is 0.125. The van der Waals surface area contributed by atoms with Gasteiger partial charge in [-0.2, -0.15) is 4.98 Å². The van der Waals surface area contributed by atoms with Crippen molar-refractivity contribution < 1.29 is 12.9 Å². The van der Waals surface area contributed by atoms with Gasteiger partial charge in [0.15, 0.2) is 0 Å². The topological polar surface area (TPSA) is 85.1 Å². The molecule has 0 aliphatic heterocycles. The minimum atomic E-state index is -3.64. The van der Waals surface area contributed by atoms with E-state index in [1.807, 2.05) is 13.0 Å². The minimum Gasteiger partial charge on any atom is -0.338 e. The normalized spacial score (nSPS) is 11.6. The molecule has 0 aliphatic rings. The maximum atomic E-state index is 12.3. The third kappa shape index (κ3) is 3.81. The summed E-state index contributed by atoms with van der Waals surface area (Å²) in [7, 11) is -3.64. The van der Waals surface area contributed by atoms with Crippen LogP contribution in [0.5, 0.6) is 0 Å². The Bertz CT molecular complexity index is 953. The standard InChI is InChI=1S/C16H14ClN3O3S/c1-11-3-2-4-14(9-11)24(21,22)18-10-15-19-16(20-23-15)12-5-7-13(17)8-6-12/h2-9,18H,10H2,1H3. The largest absolute Gasteiger partial charge is 0.338 e. The van der Waals surface area contributed by atoms with Crippen LogP contribution < -0.4 is 4.72 Å². The first-order chi connectivity index (χ1) is 11.4. The van der Waals surface area contributed by atoms with Crippen molar-refractivity contribution in [1.29, 1.82) is 0 Å². The summed E-state index contributed by atoms with van der Waals surface area (Å²) >= 11 is 5.83. The van der Waals surface area contributed by atoms with Gasteiger partial charge in [-0.15, -0.1) is 0 Å². The Hall–Kier alpha value is -2.22. The molecule has 124 valence electrons. The molecule has 0 unspecified atom stereocenters. The number of benzene rings is 2. The number of hydrogen-bond donors (Lipinski definition) is 1. The van der Waals surface area contributed by atoms with Crippen LogP contribution in [-0.2, 0) is 16.6 Å². The SMILES string of the molecule is Cc1cccc(S(=O)(=O)NCc2nc(-c3ccc(Cl)cc3)no2)c1. The van der Waals surface area contributed by atoms with Crippen LogP contribution in [-0.4, -0.2) is 18.6 Å². The first kappa shape index (κ1) is 16.6. The number of aromatic nitrogens is 2. The van der Waals surface area contributed by atoms with E-state index in [1.165, 1.54) is 6.07 Å². The van der Waals surface area contributed by atoms with Crippen LogP contribution in [0.3, 0.4) is 0 Å². The van der Waals surface area contributed by atoms with E-state index < -0.39 is 10.0 Å². The average molecular weight is 364 g/mol. The second kappa shape index (κ2) is 6.72. The lowest BCUT2D eigenvalue weighted by molar-refractivity contribution is 0.376. The molecule has 6 nitrogen and oxygen atoms in total. The van der Waals surface area contributed by atoms with Crippen LogP contribution in [0, 0.1) is 6.92 Å². The van der Waals surface area contributed by atoms with Gasteiger partial charge in [0, 0.05) is 10.6 Å². The van der Waals surface area contributed by atoms with E-state index in [9.17, 15) is 8.42 Å². The van der Waals surface area contributed by atoms with Gasteiger partial charge in [-0.3, -0.25) is 0 Å². The first-order valence-corrected chi connectivity index (χ1v) is 8.95. The fourth-order valence-electron chi connectivity index (χ4n) is 2.07. The Morgan fingerprint density at radius 1 is 1.17 bits per heavy atom. The van der Waals surface area contributed by atoms with E-state index in [0.29, 0.717) is 10.8 Å². The smallest absolute Gasteiger partial charge is 0.242 e. The maximum Gasteiger partial charge on any atom is 0.242 e. The van der Waals surface area contributed by atoms with Gasteiger partial charge < -0.3 is 4.52 Å². The molecule has 0 spiro atoms. The van der Waals surface area contributed by atoms with E-state index in [-0.39, 0.29) is 17.3 Å². The van der Waals surface area contributed by atoms with Crippen LogP contribution in [0.15, 0.2) is 57.9 Å². The number of rotatable bonds is 5. The Morgan fingerprint density at radius 2 is 1.92 bits per heavy atom. The average Bonchev–Trinajstić information content (AvgIpc) is 3.03. The van der Waals surface area contributed by atoms with Crippen molar-refractivity contribution in [3.63, 3.8) is 0 Å². The van der Waals surface area contributed by atoms with Gasteiger partial charge in [-0.05, 0) is 48.9 Å². The van der Waals surface area contributed by atoms with E-state index in [2.05, 4.69) is 14.9 Å². The van der Waals surface area contributed by atoms with Gasteiger partial charge >= 0.3 is 0 Å². The number of hydrogen-bond acceptors (Lipinski definition) is 5. The summed E-state index contributed by atoms with van der Waals surface area (Å²) in [6.07, 6.45) is 0. The quantitative estimate of drug-likeness (QED) is 0.752. The van der Waals surface area contributed by atoms with Gasteiger partial charge in [-0.1, -0.05) is 28.9 Å². The zero-order chi connectivity index (χ0) is 17.2. The highest BCUT2D eigenvalue weighted by Gasteiger charge is 2.16. The molecule has 3 aromatic rings. The molecule has 0 atom stereocenters. The lowest BCUT2D eigenvalue weighted by atomic mass is 10.2. The van der Waals surface area contributed by atoms with Crippen LogP contribution >= 0.6 is 11.6 Å². The predicted molar refractivity (Wildman–Crippen MR) is 89.9 cm³/mol. The van der Waals surface area contributed by atoms with Crippen molar-refractivity contribution in [2.75, 3.05) is 0 Å². The molecule has 1 aromatic heterocycles. The molecule has 8 heteroatoms. The van der Waals surface area contributed by atoms with Crippen molar-refractivity contribution in [1.82, 2.24) is 14.9 Å². The van der Waals surface area contributed by atoms with Gasteiger partial charge in [0.05, 0.1) is 11.4 Å². The Labute approximate surface area is 144 Å². The number of halogens is 1. The van der Waals surface area contributed by atoms with Crippen LogP contribution in [0.2, 0.25) is 5.02 Å². The summed E-state index contributed by atoms with van der Waals surface area (Å²) in [6, 6.07) is 13.6. The maximum absolute atomic E-state index is 12.3. The second-order valence-electron chi connectivity index (χ2n) is 5.16. The number of nitrogens with zero attached hydrogens (tertiary/aromatic N) is 2. The summed E-state index contributed by atoms with van der Waals surface area (Å²) in [6.45, 7) is 1.74. The lowest BCUT2D eigenvalue weighted by Crippen LogP contribution is -2.23. The zero-order valence-electron chi connectivity index (χ0n) is 12.7. The molecular formula is C16H14ClN3O3S. The molecule has 0 radical (unpaired) electrons. The third-order valence-electron chi connectivity index (χ3n) is 3.28. The van der Waals surface area contributed by atoms with Gasteiger partial charge in [0.25, 0.3) is 0 Å². The van der Waals surface area contributed by atoms with Crippen LogP contribution in [0.25, 0.3) is 11.4 Å². The first-order valence-electron chi connectivity index (χ1n) is 7.09. The molecular weight excluding hydrogens is 350 g/mol. The van der Waals surface area contributed by atoms with Crippen molar-refractivity contribution in [3.8, 4) is 11.4 Å². The molecule has 24 heavy (non-hydrogen) atoms. The molecule has 1 heterocycles. The van der Waals surface area contributed by atoms with Crippen LogP contribution in [0.1, 0.15) is 11.5 Å². The number of nitrogens with one attached hydrogen (secondary N) is 1. The fourth-order valence-corrected chi connectivity index (χ4v) is 3.27. The van der Waals surface area contributed by atoms with Gasteiger partial charge in [0.1, 0.15) is 0 Å². The molecule has 1 N–H and O–H groups in total. The van der Waals surface area contributed by atoms with Crippen molar-refractivity contribution in [2.45, 2.75) is 18.4 Å². The van der Waals surface area contributed by atoms with Crippen molar-refractivity contribution >= 4 is 21.6 Å². The summed E-state index contributed by atoms with van der Waals surface area (Å²) in [5, 5.41) is 4.44. The highest BCUT2D eigenvalue weighted by molar-refractivity contribution is 7.89. The number of sulfonamides is 1. The monoisotopic (exact) mass is 363 g/mol. The molecule has 3 rings (SSSR count). The Balaban J connectivity index is 1.72. The zero-order valence-corrected chi connectivity index (χ0v) is 14.3.